The number of carboxylic acid groups (broad SMARTS) is 1. The number of alkyl halides is 3. The highest BCUT2D eigenvalue weighted by atomic mass is 19.4. The molecule has 0 saturated carbocycles. The third-order valence-corrected chi connectivity index (χ3v) is 3.25. The van der Waals surface area contributed by atoms with Crippen molar-refractivity contribution in [2.75, 3.05) is 20.2 Å². The van der Waals surface area contributed by atoms with E-state index in [9.17, 15) is 13.2 Å². The van der Waals surface area contributed by atoms with Gasteiger partial charge in [0.05, 0.1) is 7.11 Å². The van der Waals surface area contributed by atoms with Gasteiger partial charge in [-0.25, -0.2) is 9.78 Å². The summed E-state index contributed by atoms with van der Waals surface area (Å²) >= 11 is 0. The summed E-state index contributed by atoms with van der Waals surface area (Å²) in [6, 6.07) is 4.06. The molecule has 0 unspecified atom stereocenters. The molecule has 2 atom stereocenters. The van der Waals surface area contributed by atoms with Gasteiger partial charge in [0.2, 0.25) is 5.88 Å². The Morgan fingerprint density at radius 3 is 2.45 bits per heavy atom. The van der Waals surface area contributed by atoms with Crippen molar-refractivity contribution in [3.8, 4) is 5.88 Å². The van der Waals surface area contributed by atoms with E-state index in [0.717, 1.165) is 19.0 Å². The van der Waals surface area contributed by atoms with E-state index in [4.69, 9.17) is 14.6 Å². The highest BCUT2D eigenvalue weighted by molar-refractivity contribution is 5.73. The summed E-state index contributed by atoms with van der Waals surface area (Å²) in [5, 5.41) is 10.6. The molecular weight excluding hydrogens is 301 g/mol. The van der Waals surface area contributed by atoms with E-state index in [2.05, 4.69) is 23.3 Å². The molecule has 2 N–H and O–H groups in total. The summed E-state index contributed by atoms with van der Waals surface area (Å²) in [5.41, 5.74) is 1.31. The monoisotopic (exact) mass is 320 g/mol. The Labute approximate surface area is 126 Å². The van der Waals surface area contributed by atoms with E-state index in [1.54, 1.807) is 7.11 Å². The van der Waals surface area contributed by atoms with Crippen LogP contribution in [0.3, 0.4) is 0 Å². The van der Waals surface area contributed by atoms with E-state index in [1.165, 1.54) is 12.0 Å². The number of nitrogens with one attached hydrogen (secondary N) is 1. The predicted octanol–water partition coefficient (Wildman–Crippen LogP) is 2.44. The Balaban J connectivity index is 0.000000295. The van der Waals surface area contributed by atoms with Crippen molar-refractivity contribution in [2.24, 2.45) is 5.92 Å². The minimum atomic E-state index is -5.08. The maximum absolute atomic E-state index is 10.6. The van der Waals surface area contributed by atoms with Crippen LogP contribution in [0.4, 0.5) is 13.2 Å². The van der Waals surface area contributed by atoms with Crippen molar-refractivity contribution < 1.29 is 27.8 Å². The maximum Gasteiger partial charge on any atom is 0.490 e. The number of halogens is 3. The van der Waals surface area contributed by atoms with Gasteiger partial charge in [-0.2, -0.15) is 13.2 Å². The van der Waals surface area contributed by atoms with Crippen LogP contribution in [-0.2, 0) is 4.79 Å². The number of carbonyl (C=O) groups is 1. The van der Waals surface area contributed by atoms with E-state index in [-0.39, 0.29) is 0 Å². The molecule has 1 aliphatic heterocycles. The molecule has 5 nitrogen and oxygen atoms in total. The number of hydrogen-bond donors (Lipinski definition) is 2. The topological polar surface area (TPSA) is 71.5 Å². The molecule has 1 fully saturated rings. The number of aliphatic carboxylic acids is 1. The van der Waals surface area contributed by atoms with E-state index < -0.39 is 12.1 Å². The second-order valence-corrected chi connectivity index (χ2v) is 5.13. The Morgan fingerprint density at radius 1 is 1.41 bits per heavy atom. The van der Waals surface area contributed by atoms with Gasteiger partial charge >= 0.3 is 12.1 Å². The van der Waals surface area contributed by atoms with Gasteiger partial charge in [-0.05, 0) is 30.4 Å². The number of rotatable bonds is 2. The lowest BCUT2D eigenvalue weighted by Gasteiger charge is -2.27. The number of ether oxygens (including phenoxy) is 1. The van der Waals surface area contributed by atoms with Crippen LogP contribution in [0, 0.1) is 5.92 Å². The molecule has 2 heterocycles. The van der Waals surface area contributed by atoms with E-state index in [0.29, 0.717) is 11.8 Å². The van der Waals surface area contributed by atoms with Crippen LogP contribution in [0.15, 0.2) is 18.3 Å². The lowest BCUT2D eigenvalue weighted by Crippen LogP contribution is -2.33. The molecule has 1 aliphatic rings. The molecule has 0 amide bonds. The molecule has 22 heavy (non-hydrogen) atoms. The summed E-state index contributed by atoms with van der Waals surface area (Å²) in [6.07, 6.45) is -1.90. The molecule has 1 aromatic rings. The molecule has 0 radical (unpaired) electrons. The van der Waals surface area contributed by atoms with Crippen molar-refractivity contribution in [1.82, 2.24) is 10.3 Å². The Bertz CT molecular complexity index is 477. The minimum absolute atomic E-state index is 0.604. The zero-order chi connectivity index (χ0) is 16.8. The number of carboxylic acids is 1. The zero-order valence-corrected chi connectivity index (χ0v) is 12.4. The number of aromatic nitrogens is 1. The van der Waals surface area contributed by atoms with Crippen LogP contribution in [0.25, 0.3) is 0 Å². The Hall–Kier alpha value is -1.83. The summed E-state index contributed by atoms with van der Waals surface area (Å²) in [6.45, 7) is 4.49. The second-order valence-electron chi connectivity index (χ2n) is 5.13. The molecule has 1 saturated heterocycles. The number of nitrogens with zero attached hydrogens (tertiary/aromatic N) is 1. The third kappa shape index (κ3) is 5.88. The first-order valence-corrected chi connectivity index (χ1v) is 6.74. The van der Waals surface area contributed by atoms with Crippen LogP contribution in [0.5, 0.6) is 5.88 Å². The molecule has 8 heteroatoms. The second kappa shape index (κ2) is 7.98. The number of piperidine rings is 1. The summed E-state index contributed by atoms with van der Waals surface area (Å²) in [4.78, 5) is 13.1. The van der Waals surface area contributed by atoms with Gasteiger partial charge in [-0.1, -0.05) is 13.0 Å². The van der Waals surface area contributed by atoms with Crippen molar-refractivity contribution in [3.63, 3.8) is 0 Å². The Kier molecular flexibility index (Phi) is 6.61. The average molecular weight is 320 g/mol. The molecule has 2 rings (SSSR count). The highest BCUT2D eigenvalue weighted by Crippen LogP contribution is 2.26. The minimum Gasteiger partial charge on any atom is -0.481 e. The van der Waals surface area contributed by atoms with Gasteiger partial charge < -0.3 is 15.2 Å². The predicted molar refractivity (Wildman–Crippen MR) is 73.9 cm³/mol. The lowest BCUT2D eigenvalue weighted by molar-refractivity contribution is -0.192. The summed E-state index contributed by atoms with van der Waals surface area (Å²) < 4.78 is 36.8. The molecule has 124 valence electrons. The molecule has 1 aromatic heterocycles. The van der Waals surface area contributed by atoms with Gasteiger partial charge in [0.25, 0.3) is 0 Å². The largest absolute Gasteiger partial charge is 0.490 e. The smallest absolute Gasteiger partial charge is 0.481 e. The molecule has 0 aromatic carbocycles. The fraction of sp³-hybridized carbons (Fsp3) is 0.571. The van der Waals surface area contributed by atoms with Crippen LogP contribution in [0.1, 0.15) is 24.8 Å². The van der Waals surface area contributed by atoms with E-state index >= 15 is 0 Å². The molecule has 0 aliphatic carbocycles. The van der Waals surface area contributed by atoms with E-state index in [1.807, 2.05) is 12.3 Å². The van der Waals surface area contributed by atoms with Crippen LogP contribution in [-0.4, -0.2) is 42.4 Å². The number of hydrogen-bond acceptors (Lipinski definition) is 4. The average Bonchev–Trinajstić information content (AvgIpc) is 2.47. The van der Waals surface area contributed by atoms with Crippen molar-refractivity contribution in [1.29, 1.82) is 0 Å². The lowest BCUT2D eigenvalue weighted by atomic mass is 9.87. The van der Waals surface area contributed by atoms with Crippen molar-refractivity contribution in [2.45, 2.75) is 25.4 Å². The normalized spacial score (nSPS) is 21.5. The number of methoxy groups -OCH3 is 1. The first-order valence-electron chi connectivity index (χ1n) is 6.74. The first kappa shape index (κ1) is 18.2. The van der Waals surface area contributed by atoms with Crippen LogP contribution in [0.2, 0.25) is 0 Å². The van der Waals surface area contributed by atoms with Gasteiger partial charge in [-0.3, -0.25) is 0 Å². The van der Waals surface area contributed by atoms with Crippen LogP contribution >= 0.6 is 0 Å². The fourth-order valence-corrected chi connectivity index (χ4v) is 2.16. The summed E-state index contributed by atoms with van der Waals surface area (Å²) in [7, 11) is 1.65. The van der Waals surface area contributed by atoms with Gasteiger partial charge in [0.15, 0.2) is 0 Å². The maximum atomic E-state index is 10.6. The van der Waals surface area contributed by atoms with Gasteiger partial charge in [0.1, 0.15) is 0 Å². The van der Waals surface area contributed by atoms with Gasteiger partial charge in [0, 0.05) is 18.8 Å². The molecule has 0 bridgehead atoms. The zero-order valence-electron chi connectivity index (χ0n) is 12.4. The van der Waals surface area contributed by atoms with Crippen molar-refractivity contribution >= 4 is 5.97 Å². The highest BCUT2D eigenvalue weighted by Gasteiger charge is 2.38. The van der Waals surface area contributed by atoms with Crippen LogP contribution < -0.4 is 10.1 Å². The third-order valence-electron chi connectivity index (χ3n) is 3.25. The Morgan fingerprint density at radius 2 is 2.05 bits per heavy atom. The number of pyridine rings is 1. The summed E-state index contributed by atoms with van der Waals surface area (Å²) in [5.74, 6) is -0.707. The fourth-order valence-electron chi connectivity index (χ4n) is 2.16. The molecular formula is C14H19F3N2O3. The SMILES string of the molecule is COc1ccc([C@@H]2CNC[C@@H](C)C2)cn1.O=C(O)C(F)(F)F. The van der Waals surface area contributed by atoms with Gasteiger partial charge in [-0.15, -0.1) is 0 Å². The van der Waals surface area contributed by atoms with Crippen molar-refractivity contribution in [3.05, 3.63) is 23.9 Å². The first-order chi connectivity index (χ1) is 10.2. The molecule has 0 spiro atoms. The quantitative estimate of drug-likeness (QED) is 0.876. The standard InChI is InChI=1S/C12H18N2O.C2HF3O2/c1-9-5-11(7-13-6-9)10-3-4-12(15-2)14-8-10;3-2(4,5)1(6)7/h3-4,8-9,11,13H,5-7H2,1-2H3;(H,6,7)/t9-,11-;/m0./s1.